The van der Waals surface area contributed by atoms with Crippen LogP contribution in [0, 0.1) is 11.3 Å². The number of hydrogen-bond acceptors (Lipinski definition) is 6. The van der Waals surface area contributed by atoms with Crippen molar-refractivity contribution in [1.29, 1.82) is 5.26 Å². The fourth-order valence-electron chi connectivity index (χ4n) is 3.50. The fraction of sp³-hybridized carbons (Fsp3) is 0.207. The van der Waals surface area contributed by atoms with Crippen LogP contribution in [-0.4, -0.2) is 25.2 Å². The number of hydrogen-bond donors (Lipinski definition) is 0. The van der Waals surface area contributed by atoms with Crippen molar-refractivity contribution < 1.29 is 23.8 Å². The van der Waals surface area contributed by atoms with E-state index in [1.165, 1.54) is 11.6 Å². The van der Waals surface area contributed by atoms with Gasteiger partial charge in [0.05, 0.1) is 18.8 Å². The number of aryl methyl sites for hydroxylation is 2. The molecule has 0 saturated carbocycles. The first kappa shape index (κ1) is 25.3. The van der Waals surface area contributed by atoms with Crippen LogP contribution in [0.15, 0.2) is 78.4 Å². The van der Waals surface area contributed by atoms with Crippen LogP contribution in [0.1, 0.15) is 40.9 Å². The van der Waals surface area contributed by atoms with Crippen LogP contribution in [0.2, 0.25) is 0 Å². The fourth-order valence-corrected chi connectivity index (χ4v) is 3.50. The summed E-state index contributed by atoms with van der Waals surface area (Å²) >= 11 is 0. The van der Waals surface area contributed by atoms with E-state index in [2.05, 4.69) is 12.1 Å². The molecule has 3 aromatic carbocycles. The summed E-state index contributed by atoms with van der Waals surface area (Å²) in [5.74, 6) is -0.600. The summed E-state index contributed by atoms with van der Waals surface area (Å²) < 4.78 is 16.3. The van der Waals surface area contributed by atoms with E-state index < -0.39 is 11.9 Å². The lowest BCUT2D eigenvalue weighted by atomic mass is 10.00. The molecule has 0 aliphatic carbocycles. The lowest BCUT2D eigenvalue weighted by molar-refractivity contribution is -0.137. The minimum absolute atomic E-state index is 0.133. The summed E-state index contributed by atoms with van der Waals surface area (Å²) in [6.45, 7) is 3.99. The van der Waals surface area contributed by atoms with E-state index in [-0.39, 0.29) is 17.9 Å². The van der Waals surface area contributed by atoms with Gasteiger partial charge in [0.15, 0.2) is 11.5 Å². The molecule has 0 unspecified atom stereocenters. The highest BCUT2D eigenvalue weighted by Gasteiger charge is 2.17. The lowest BCUT2D eigenvalue weighted by Gasteiger charge is -2.13. The van der Waals surface area contributed by atoms with E-state index >= 15 is 0 Å². The Morgan fingerprint density at radius 2 is 1.63 bits per heavy atom. The van der Waals surface area contributed by atoms with Gasteiger partial charge in [0.2, 0.25) is 0 Å². The van der Waals surface area contributed by atoms with E-state index in [0.29, 0.717) is 29.9 Å². The van der Waals surface area contributed by atoms with Crippen LogP contribution in [0.3, 0.4) is 0 Å². The third kappa shape index (κ3) is 7.05. The van der Waals surface area contributed by atoms with Crippen molar-refractivity contribution in [1.82, 2.24) is 0 Å². The van der Waals surface area contributed by atoms with Crippen LogP contribution < -0.4 is 9.47 Å². The van der Waals surface area contributed by atoms with Gasteiger partial charge in [0, 0.05) is 0 Å². The van der Waals surface area contributed by atoms with Crippen molar-refractivity contribution in [3.8, 4) is 17.6 Å². The average molecular weight is 470 g/mol. The summed E-state index contributed by atoms with van der Waals surface area (Å²) in [6.07, 6.45) is 2.91. The summed E-state index contributed by atoms with van der Waals surface area (Å²) in [7, 11) is 0. The molecule has 0 heterocycles. The van der Waals surface area contributed by atoms with E-state index in [1.54, 1.807) is 37.3 Å². The van der Waals surface area contributed by atoms with Crippen LogP contribution >= 0.6 is 0 Å². The van der Waals surface area contributed by atoms with Gasteiger partial charge in [0.25, 0.3) is 0 Å². The number of rotatable bonds is 10. The Labute approximate surface area is 205 Å². The Morgan fingerprint density at radius 1 is 0.886 bits per heavy atom. The average Bonchev–Trinajstić information content (AvgIpc) is 2.88. The summed E-state index contributed by atoms with van der Waals surface area (Å²) in [5.41, 5.74) is 2.99. The summed E-state index contributed by atoms with van der Waals surface area (Å²) in [6, 6.07) is 24.2. The van der Waals surface area contributed by atoms with E-state index in [4.69, 9.17) is 14.2 Å². The smallest absolute Gasteiger partial charge is 0.348 e. The minimum atomic E-state index is -0.699. The maximum atomic E-state index is 13.1. The van der Waals surface area contributed by atoms with E-state index in [0.717, 1.165) is 12.0 Å². The second-order valence-electron chi connectivity index (χ2n) is 7.56. The molecule has 0 saturated heterocycles. The van der Waals surface area contributed by atoms with Crippen molar-refractivity contribution in [2.24, 2.45) is 0 Å². The molecule has 0 aromatic heterocycles. The third-order valence-electron chi connectivity index (χ3n) is 5.16. The SMILES string of the molecule is CCOC(=O)/C(C#N)=C/c1ccc(OC(=O)c2ccccc2CCc2ccccc2)c(OCC)c1. The van der Waals surface area contributed by atoms with Gasteiger partial charge in [-0.3, -0.25) is 0 Å². The number of esters is 2. The molecule has 35 heavy (non-hydrogen) atoms. The molecule has 6 heteroatoms. The second kappa shape index (κ2) is 12.8. The molecule has 0 aliphatic heterocycles. The molecular weight excluding hydrogens is 442 g/mol. The molecule has 0 spiro atoms. The molecule has 3 aromatic rings. The maximum Gasteiger partial charge on any atom is 0.348 e. The standard InChI is InChI=1S/C29H27NO5/c1-3-33-27-19-22(18-24(20-30)28(31)34-4-2)15-17-26(27)35-29(32)25-13-9-8-12-23(25)16-14-21-10-6-5-7-11-21/h5-13,15,17-19H,3-4,14,16H2,1-2H3/b24-18+. The Bertz CT molecular complexity index is 1240. The molecule has 0 aliphatic rings. The zero-order valence-electron chi connectivity index (χ0n) is 19.8. The molecule has 178 valence electrons. The largest absolute Gasteiger partial charge is 0.490 e. The first-order valence-electron chi connectivity index (χ1n) is 11.5. The summed E-state index contributed by atoms with van der Waals surface area (Å²) in [5, 5.41) is 9.28. The third-order valence-corrected chi connectivity index (χ3v) is 5.16. The second-order valence-corrected chi connectivity index (χ2v) is 7.56. The predicted molar refractivity (Wildman–Crippen MR) is 133 cm³/mol. The highest BCUT2D eigenvalue weighted by Crippen LogP contribution is 2.30. The number of nitrogens with zero attached hydrogens (tertiary/aromatic N) is 1. The molecule has 0 N–H and O–H groups in total. The Balaban J connectivity index is 1.81. The minimum Gasteiger partial charge on any atom is -0.490 e. The van der Waals surface area contributed by atoms with Crippen molar-refractivity contribution >= 4 is 18.0 Å². The Hall–Kier alpha value is -4.37. The topological polar surface area (TPSA) is 85.6 Å². The van der Waals surface area contributed by atoms with Gasteiger partial charge in [0.1, 0.15) is 11.6 Å². The number of carbonyl (C=O) groups excluding carboxylic acids is 2. The first-order valence-corrected chi connectivity index (χ1v) is 11.5. The lowest BCUT2D eigenvalue weighted by Crippen LogP contribution is -2.13. The molecular formula is C29H27NO5. The van der Waals surface area contributed by atoms with Crippen molar-refractivity contribution in [2.75, 3.05) is 13.2 Å². The van der Waals surface area contributed by atoms with Gasteiger partial charge >= 0.3 is 11.9 Å². The first-order chi connectivity index (χ1) is 17.0. The zero-order chi connectivity index (χ0) is 25.0. The van der Waals surface area contributed by atoms with Gasteiger partial charge in [-0.05, 0) is 67.7 Å². The molecule has 6 nitrogen and oxygen atoms in total. The number of nitriles is 1. The van der Waals surface area contributed by atoms with Gasteiger partial charge < -0.3 is 14.2 Å². The molecule has 3 rings (SSSR count). The predicted octanol–water partition coefficient (Wildman–Crippen LogP) is 5.56. The van der Waals surface area contributed by atoms with Crippen LogP contribution in [0.4, 0.5) is 0 Å². The normalized spacial score (nSPS) is 10.8. The molecule has 0 radical (unpaired) electrons. The number of ether oxygens (including phenoxy) is 3. The maximum absolute atomic E-state index is 13.1. The van der Waals surface area contributed by atoms with Gasteiger partial charge in [-0.2, -0.15) is 5.26 Å². The van der Waals surface area contributed by atoms with Crippen LogP contribution in [0.5, 0.6) is 11.5 Å². The monoisotopic (exact) mass is 469 g/mol. The van der Waals surface area contributed by atoms with Crippen LogP contribution in [-0.2, 0) is 22.4 Å². The van der Waals surface area contributed by atoms with Gasteiger partial charge in [-0.15, -0.1) is 0 Å². The number of carbonyl (C=O) groups is 2. The Kier molecular flexibility index (Phi) is 9.21. The molecule has 0 fully saturated rings. The van der Waals surface area contributed by atoms with E-state index in [9.17, 15) is 14.9 Å². The Morgan fingerprint density at radius 3 is 2.34 bits per heavy atom. The highest BCUT2D eigenvalue weighted by molar-refractivity contribution is 5.98. The van der Waals surface area contributed by atoms with Gasteiger partial charge in [-0.25, -0.2) is 9.59 Å². The van der Waals surface area contributed by atoms with Crippen molar-refractivity contribution in [2.45, 2.75) is 26.7 Å². The quantitative estimate of drug-likeness (QED) is 0.167. The van der Waals surface area contributed by atoms with Crippen molar-refractivity contribution in [3.05, 3.63) is 101 Å². The van der Waals surface area contributed by atoms with Crippen LogP contribution in [0.25, 0.3) is 6.08 Å². The molecule has 0 atom stereocenters. The van der Waals surface area contributed by atoms with Gasteiger partial charge in [-0.1, -0.05) is 54.6 Å². The number of benzene rings is 3. The molecule has 0 bridgehead atoms. The zero-order valence-corrected chi connectivity index (χ0v) is 19.8. The van der Waals surface area contributed by atoms with E-state index in [1.807, 2.05) is 43.3 Å². The molecule has 0 amide bonds. The summed E-state index contributed by atoms with van der Waals surface area (Å²) in [4.78, 5) is 25.0. The highest BCUT2D eigenvalue weighted by atomic mass is 16.6. The van der Waals surface area contributed by atoms with Crippen molar-refractivity contribution in [3.63, 3.8) is 0 Å².